The molecule has 9 heteroatoms. The Kier molecular flexibility index (Phi) is 6.62. The monoisotopic (exact) mass is 380 g/mol. The number of carbonyl (C=O) groups excluding carboxylic acids is 2. The van der Waals surface area contributed by atoms with Crippen molar-refractivity contribution in [1.29, 1.82) is 0 Å². The van der Waals surface area contributed by atoms with E-state index in [2.05, 4.69) is 5.32 Å². The fraction of sp³-hybridized carbons (Fsp3) is 0.176. The van der Waals surface area contributed by atoms with Gasteiger partial charge in [-0.1, -0.05) is 11.6 Å². The summed E-state index contributed by atoms with van der Waals surface area (Å²) in [5.74, 6) is -2.30. The van der Waals surface area contributed by atoms with E-state index in [1.807, 2.05) is 0 Å². The molecule has 136 valence electrons. The number of nitrogens with one attached hydrogen (secondary N) is 1. The molecule has 0 saturated heterocycles. The minimum absolute atomic E-state index is 0.103. The molecule has 2 aromatic rings. The third kappa shape index (κ3) is 5.52. The minimum atomic E-state index is -0.769. The van der Waals surface area contributed by atoms with Gasteiger partial charge in [0, 0.05) is 35.7 Å². The van der Waals surface area contributed by atoms with E-state index >= 15 is 0 Å². The summed E-state index contributed by atoms with van der Waals surface area (Å²) < 4.78 is 18.0. The van der Waals surface area contributed by atoms with Gasteiger partial charge in [0.15, 0.2) is 0 Å². The van der Waals surface area contributed by atoms with Gasteiger partial charge in [0.25, 0.3) is 5.91 Å². The fourth-order valence-corrected chi connectivity index (χ4v) is 2.16. The second kappa shape index (κ2) is 8.91. The maximum absolute atomic E-state index is 13.2. The van der Waals surface area contributed by atoms with Crippen LogP contribution in [-0.4, -0.2) is 23.3 Å². The Morgan fingerprint density at radius 2 is 1.88 bits per heavy atom. The van der Waals surface area contributed by atoms with E-state index in [-0.39, 0.29) is 25.3 Å². The zero-order valence-electron chi connectivity index (χ0n) is 13.4. The van der Waals surface area contributed by atoms with Crippen LogP contribution in [0.4, 0.5) is 10.1 Å². The van der Waals surface area contributed by atoms with Crippen molar-refractivity contribution in [2.75, 3.05) is 6.54 Å². The summed E-state index contributed by atoms with van der Waals surface area (Å²) in [5, 5.41) is 14.0. The maximum Gasteiger partial charge on any atom is 0.311 e. The van der Waals surface area contributed by atoms with Gasteiger partial charge >= 0.3 is 11.7 Å². The molecule has 0 bridgehead atoms. The summed E-state index contributed by atoms with van der Waals surface area (Å²) in [6.45, 7) is 0.196. The van der Waals surface area contributed by atoms with Gasteiger partial charge < -0.3 is 10.1 Å². The normalized spacial score (nSPS) is 10.2. The lowest BCUT2D eigenvalue weighted by Gasteiger charge is -2.07. The number of esters is 1. The van der Waals surface area contributed by atoms with Gasteiger partial charge in [-0.25, -0.2) is 4.39 Å². The van der Waals surface area contributed by atoms with Crippen molar-refractivity contribution in [3.8, 4) is 5.75 Å². The number of rotatable bonds is 7. The molecule has 0 aliphatic carbocycles. The third-order valence-electron chi connectivity index (χ3n) is 3.29. The molecule has 7 nitrogen and oxygen atoms in total. The molecule has 0 saturated carbocycles. The first-order chi connectivity index (χ1) is 12.4. The second-order valence-corrected chi connectivity index (χ2v) is 5.65. The Morgan fingerprint density at radius 3 is 2.54 bits per heavy atom. The number of ether oxygens (including phenoxy) is 1. The Labute approximate surface area is 152 Å². The number of nitro groups is 1. The predicted molar refractivity (Wildman–Crippen MR) is 91.7 cm³/mol. The average Bonchev–Trinajstić information content (AvgIpc) is 2.59. The summed E-state index contributed by atoms with van der Waals surface area (Å²) in [5.41, 5.74) is -0.0804. The molecule has 0 aliphatic rings. The molecule has 0 spiro atoms. The highest BCUT2D eigenvalue weighted by Gasteiger charge is 2.18. The fourth-order valence-electron chi connectivity index (χ4n) is 2.03. The van der Waals surface area contributed by atoms with E-state index in [1.165, 1.54) is 0 Å². The molecule has 2 aromatic carbocycles. The highest BCUT2D eigenvalue weighted by atomic mass is 35.5. The van der Waals surface area contributed by atoms with E-state index in [9.17, 15) is 24.1 Å². The van der Waals surface area contributed by atoms with Crippen LogP contribution in [0.1, 0.15) is 23.2 Å². The van der Waals surface area contributed by atoms with E-state index in [0.29, 0.717) is 10.6 Å². The van der Waals surface area contributed by atoms with E-state index < -0.39 is 28.1 Å². The van der Waals surface area contributed by atoms with Crippen LogP contribution >= 0.6 is 11.6 Å². The molecule has 0 radical (unpaired) electrons. The number of nitro benzene ring substituents is 1. The van der Waals surface area contributed by atoms with E-state index in [4.69, 9.17) is 16.3 Å². The first-order valence-electron chi connectivity index (χ1n) is 7.55. The lowest BCUT2D eigenvalue weighted by Crippen LogP contribution is -2.25. The zero-order chi connectivity index (χ0) is 19.1. The van der Waals surface area contributed by atoms with Gasteiger partial charge in [-0.15, -0.1) is 0 Å². The molecular formula is C17H14ClFN2O5. The summed E-state index contributed by atoms with van der Waals surface area (Å²) in [7, 11) is 0. The Bertz CT molecular complexity index is 826. The summed E-state index contributed by atoms with van der Waals surface area (Å²) in [4.78, 5) is 33.7. The van der Waals surface area contributed by atoms with Crippen molar-refractivity contribution >= 4 is 29.2 Å². The SMILES string of the molecule is O=C(CCCNC(=O)c1ccc(Cl)cc1)Oc1cc(F)ccc1[N+](=O)[O-]. The minimum Gasteiger partial charge on any atom is -0.419 e. The largest absolute Gasteiger partial charge is 0.419 e. The van der Waals surface area contributed by atoms with Crippen LogP contribution in [-0.2, 0) is 4.79 Å². The first-order valence-corrected chi connectivity index (χ1v) is 7.93. The van der Waals surface area contributed by atoms with Crippen LogP contribution in [0.15, 0.2) is 42.5 Å². The molecule has 1 N–H and O–H groups in total. The van der Waals surface area contributed by atoms with Crippen molar-refractivity contribution < 1.29 is 23.6 Å². The van der Waals surface area contributed by atoms with Crippen LogP contribution < -0.4 is 10.1 Å². The number of hydrogen-bond donors (Lipinski definition) is 1. The van der Waals surface area contributed by atoms with Crippen LogP contribution in [0.5, 0.6) is 5.75 Å². The Hall–Kier alpha value is -3.00. The summed E-state index contributed by atoms with van der Waals surface area (Å²) in [6, 6.07) is 8.90. The van der Waals surface area contributed by atoms with E-state index in [0.717, 1.165) is 18.2 Å². The first kappa shape index (κ1) is 19.3. The topological polar surface area (TPSA) is 98.5 Å². The number of nitrogens with zero attached hydrogens (tertiary/aromatic N) is 1. The molecule has 1 amide bonds. The van der Waals surface area contributed by atoms with Gasteiger partial charge in [0.2, 0.25) is 5.75 Å². The predicted octanol–water partition coefficient (Wildman–Crippen LogP) is 3.50. The van der Waals surface area contributed by atoms with E-state index in [1.54, 1.807) is 24.3 Å². The highest BCUT2D eigenvalue weighted by molar-refractivity contribution is 6.30. The molecule has 0 heterocycles. The van der Waals surface area contributed by atoms with Gasteiger partial charge in [-0.3, -0.25) is 19.7 Å². The number of halogens is 2. The zero-order valence-corrected chi connectivity index (χ0v) is 14.2. The second-order valence-electron chi connectivity index (χ2n) is 5.21. The van der Waals surface area contributed by atoms with Crippen molar-refractivity contribution in [3.63, 3.8) is 0 Å². The van der Waals surface area contributed by atoms with Crippen molar-refractivity contribution in [1.82, 2.24) is 5.32 Å². The molecule has 0 atom stereocenters. The lowest BCUT2D eigenvalue weighted by atomic mass is 10.2. The number of benzene rings is 2. The molecule has 0 unspecified atom stereocenters. The van der Waals surface area contributed by atoms with Crippen molar-refractivity contribution in [2.24, 2.45) is 0 Å². The lowest BCUT2D eigenvalue weighted by molar-refractivity contribution is -0.385. The summed E-state index contributed by atoms with van der Waals surface area (Å²) in [6.07, 6.45) is 0.149. The maximum atomic E-state index is 13.2. The molecule has 2 rings (SSSR count). The highest BCUT2D eigenvalue weighted by Crippen LogP contribution is 2.27. The van der Waals surface area contributed by atoms with Gasteiger partial charge in [0.05, 0.1) is 4.92 Å². The quantitative estimate of drug-likeness (QED) is 0.260. The van der Waals surface area contributed by atoms with Crippen LogP contribution in [0.3, 0.4) is 0 Å². The molecule has 26 heavy (non-hydrogen) atoms. The average molecular weight is 381 g/mol. The van der Waals surface area contributed by atoms with Crippen LogP contribution in [0.2, 0.25) is 5.02 Å². The van der Waals surface area contributed by atoms with Gasteiger partial charge in [0.1, 0.15) is 5.82 Å². The van der Waals surface area contributed by atoms with Crippen molar-refractivity contribution in [3.05, 3.63) is 69.0 Å². The number of amides is 1. The van der Waals surface area contributed by atoms with Crippen LogP contribution in [0.25, 0.3) is 0 Å². The molecule has 0 aliphatic heterocycles. The molecular weight excluding hydrogens is 367 g/mol. The number of hydrogen-bond acceptors (Lipinski definition) is 5. The smallest absolute Gasteiger partial charge is 0.311 e. The summed E-state index contributed by atoms with van der Waals surface area (Å²) >= 11 is 5.74. The van der Waals surface area contributed by atoms with Crippen molar-refractivity contribution in [2.45, 2.75) is 12.8 Å². The number of carbonyl (C=O) groups is 2. The third-order valence-corrected chi connectivity index (χ3v) is 3.54. The Morgan fingerprint density at radius 1 is 1.19 bits per heavy atom. The standard InChI is InChI=1S/C17H14ClFN2O5/c18-12-5-3-11(4-6-12)17(23)20-9-1-2-16(22)26-15-10-13(19)7-8-14(15)21(24)25/h3-8,10H,1-2,9H2,(H,20,23). The van der Waals surface area contributed by atoms with Crippen LogP contribution in [0, 0.1) is 15.9 Å². The Balaban J connectivity index is 1.81. The van der Waals surface area contributed by atoms with Gasteiger partial charge in [-0.05, 0) is 36.8 Å². The molecule has 0 aromatic heterocycles. The van der Waals surface area contributed by atoms with Gasteiger partial charge in [-0.2, -0.15) is 0 Å². The molecule has 0 fully saturated rings.